The van der Waals surface area contributed by atoms with Gasteiger partial charge in [-0.1, -0.05) is 6.92 Å². The lowest BCUT2D eigenvalue weighted by Crippen LogP contribution is -2.41. The number of fused-ring (bicyclic) bond motifs is 2. The molecule has 2 aliphatic rings. The molecular weight excluding hydrogens is 503 g/mol. The molecule has 0 radical (unpaired) electrons. The zero-order valence-corrected chi connectivity index (χ0v) is 20.1. The van der Waals surface area contributed by atoms with E-state index in [1.165, 1.54) is 30.3 Å². The van der Waals surface area contributed by atoms with E-state index in [0.29, 0.717) is 5.56 Å². The number of halogens is 3. The molecular formula is C22H22F3N5O5S. The Morgan fingerprint density at radius 3 is 2.83 bits per heavy atom. The summed E-state index contributed by atoms with van der Waals surface area (Å²) in [5.74, 6) is -2.16. The Kier molecular flexibility index (Phi) is 5.95. The molecule has 0 saturated carbocycles. The summed E-state index contributed by atoms with van der Waals surface area (Å²) in [7, 11) is -2.87. The van der Waals surface area contributed by atoms with Crippen molar-refractivity contribution in [2.24, 2.45) is 0 Å². The minimum Gasteiger partial charge on any atom is -0.453 e. The number of aromatic nitrogens is 2. The quantitative estimate of drug-likeness (QED) is 0.527. The van der Waals surface area contributed by atoms with Crippen molar-refractivity contribution in [2.45, 2.75) is 25.6 Å². The van der Waals surface area contributed by atoms with Crippen LogP contribution in [0.3, 0.4) is 0 Å². The average Bonchev–Trinajstić information content (AvgIpc) is 3.56. The number of hydrogen-bond acceptors (Lipinski definition) is 7. The number of pyridine rings is 1. The third-order valence-corrected chi connectivity index (χ3v) is 7.83. The topological polar surface area (TPSA) is 105 Å². The second kappa shape index (κ2) is 8.85. The minimum absolute atomic E-state index is 0.0575. The maximum absolute atomic E-state index is 15.9. The normalized spacial score (nSPS) is 19.4. The van der Waals surface area contributed by atoms with Gasteiger partial charge in [0.15, 0.2) is 17.3 Å². The third kappa shape index (κ3) is 3.99. The summed E-state index contributed by atoms with van der Waals surface area (Å²) >= 11 is 0. The average molecular weight is 526 g/mol. The number of alkyl halides is 1. The van der Waals surface area contributed by atoms with E-state index in [4.69, 9.17) is 9.47 Å². The maximum Gasteiger partial charge on any atom is 0.303 e. The number of nitrogens with zero attached hydrogens (tertiary/aromatic N) is 4. The molecule has 3 aromatic rings. The molecule has 1 amide bonds. The first kappa shape index (κ1) is 24.2. The van der Waals surface area contributed by atoms with Crippen LogP contribution in [0.1, 0.15) is 35.3 Å². The molecule has 0 bridgehead atoms. The van der Waals surface area contributed by atoms with Gasteiger partial charge in [-0.25, -0.2) is 22.4 Å². The molecule has 1 saturated heterocycles. The largest absolute Gasteiger partial charge is 0.453 e. The van der Waals surface area contributed by atoms with Crippen LogP contribution in [-0.2, 0) is 10.2 Å². The number of carbonyl (C=O) groups is 1. The second-order valence-corrected chi connectivity index (χ2v) is 10.2. The summed E-state index contributed by atoms with van der Waals surface area (Å²) < 4.78 is 84.0. The Balaban J connectivity index is 1.56. The number of benzene rings is 1. The summed E-state index contributed by atoms with van der Waals surface area (Å²) in [5.41, 5.74) is -0.363. The molecule has 0 unspecified atom stereocenters. The fraction of sp³-hybridized carbons (Fsp3) is 0.364. The molecule has 36 heavy (non-hydrogen) atoms. The first-order valence-electron chi connectivity index (χ1n) is 11.0. The lowest BCUT2D eigenvalue weighted by Gasteiger charge is -2.28. The minimum atomic E-state index is -4.15. The Morgan fingerprint density at radius 2 is 2.08 bits per heavy atom. The maximum atomic E-state index is 15.9. The molecule has 1 aromatic carbocycles. The van der Waals surface area contributed by atoms with Crippen LogP contribution in [0.5, 0.6) is 11.5 Å². The van der Waals surface area contributed by atoms with E-state index >= 15 is 4.39 Å². The van der Waals surface area contributed by atoms with Gasteiger partial charge in [0.25, 0.3) is 5.91 Å². The number of anilines is 1. The van der Waals surface area contributed by atoms with E-state index in [0.717, 1.165) is 21.1 Å². The van der Waals surface area contributed by atoms with E-state index in [-0.39, 0.29) is 54.6 Å². The van der Waals surface area contributed by atoms with Crippen molar-refractivity contribution in [1.29, 1.82) is 0 Å². The number of hydrogen-bond donors (Lipinski definition) is 1. The molecule has 1 N–H and O–H groups in total. The van der Waals surface area contributed by atoms with Gasteiger partial charge in [0, 0.05) is 44.4 Å². The Bertz CT molecular complexity index is 1460. The first-order valence-corrected chi connectivity index (χ1v) is 12.5. The second-order valence-electron chi connectivity index (χ2n) is 8.45. The molecule has 10 nitrogen and oxygen atoms in total. The van der Waals surface area contributed by atoms with Crippen LogP contribution in [0.2, 0.25) is 0 Å². The van der Waals surface area contributed by atoms with Crippen LogP contribution >= 0.6 is 0 Å². The van der Waals surface area contributed by atoms with Crippen molar-refractivity contribution in [3.63, 3.8) is 0 Å². The van der Waals surface area contributed by atoms with Gasteiger partial charge in [-0.2, -0.15) is 17.8 Å². The lowest BCUT2D eigenvalue weighted by molar-refractivity contribution is 0.0980. The van der Waals surface area contributed by atoms with Crippen LogP contribution in [0.4, 0.5) is 18.9 Å². The fourth-order valence-electron chi connectivity index (χ4n) is 4.43. The van der Waals surface area contributed by atoms with E-state index in [2.05, 4.69) is 5.10 Å². The summed E-state index contributed by atoms with van der Waals surface area (Å²) in [4.78, 5) is 14.2. The molecule has 2 atom stereocenters. The summed E-state index contributed by atoms with van der Waals surface area (Å²) in [6.07, 6.45) is 1.01. The number of nitrogens with one attached hydrogen (secondary N) is 1. The zero-order valence-electron chi connectivity index (χ0n) is 19.2. The highest BCUT2D eigenvalue weighted by Gasteiger charge is 2.39. The SMILES string of the molecule is CCN(C)S(=O)(=O)NC(=O)c1cnn2ccc(N3C[C@@H](F)C[C@@H]3c3cc(F)cc4c3OCO4)c(F)c12. The number of rotatable bonds is 6. The Labute approximate surface area is 204 Å². The molecule has 1 fully saturated rings. The van der Waals surface area contributed by atoms with Gasteiger partial charge in [0.1, 0.15) is 17.5 Å². The van der Waals surface area contributed by atoms with Crippen LogP contribution in [0.25, 0.3) is 5.52 Å². The van der Waals surface area contributed by atoms with E-state index in [1.807, 2.05) is 4.72 Å². The highest BCUT2D eigenvalue weighted by Crippen LogP contribution is 2.47. The predicted octanol–water partition coefficient (Wildman–Crippen LogP) is 2.56. The lowest BCUT2D eigenvalue weighted by atomic mass is 10.0. The molecule has 192 valence electrons. The molecule has 2 aliphatic heterocycles. The van der Waals surface area contributed by atoms with Crippen molar-refractivity contribution in [2.75, 3.05) is 31.8 Å². The molecule has 4 heterocycles. The summed E-state index contributed by atoms with van der Waals surface area (Å²) in [5, 5.41) is 3.94. The number of carbonyl (C=O) groups excluding carboxylic acids is 1. The van der Waals surface area contributed by atoms with Crippen molar-refractivity contribution in [3.05, 3.63) is 53.4 Å². The molecule has 0 aliphatic carbocycles. The monoisotopic (exact) mass is 525 g/mol. The highest BCUT2D eigenvalue weighted by atomic mass is 32.2. The van der Waals surface area contributed by atoms with Gasteiger partial charge < -0.3 is 14.4 Å². The first-order chi connectivity index (χ1) is 17.1. The molecule has 0 spiro atoms. The van der Waals surface area contributed by atoms with Gasteiger partial charge in [-0.3, -0.25) is 4.79 Å². The van der Waals surface area contributed by atoms with Gasteiger partial charge in [-0.15, -0.1) is 0 Å². The smallest absolute Gasteiger partial charge is 0.303 e. The van der Waals surface area contributed by atoms with Gasteiger partial charge in [-0.05, 0) is 12.1 Å². The van der Waals surface area contributed by atoms with Gasteiger partial charge in [0.05, 0.1) is 23.5 Å². The van der Waals surface area contributed by atoms with Crippen LogP contribution in [0.15, 0.2) is 30.6 Å². The molecule has 2 aromatic heterocycles. The van der Waals surface area contributed by atoms with Crippen molar-refractivity contribution >= 4 is 27.3 Å². The van der Waals surface area contributed by atoms with Crippen LogP contribution in [0, 0.1) is 11.6 Å². The summed E-state index contributed by atoms with van der Waals surface area (Å²) in [6, 6.07) is 2.93. The van der Waals surface area contributed by atoms with Crippen LogP contribution < -0.4 is 19.1 Å². The van der Waals surface area contributed by atoms with Crippen LogP contribution in [-0.4, -0.2) is 61.3 Å². The van der Waals surface area contributed by atoms with Crippen molar-refractivity contribution in [3.8, 4) is 11.5 Å². The van der Waals surface area contributed by atoms with E-state index in [9.17, 15) is 22.0 Å². The van der Waals surface area contributed by atoms with Crippen molar-refractivity contribution in [1.82, 2.24) is 18.6 Å². The van der Waals surface area contributed by atoms with E-state index in [1.54, 1.807) is 6.92 Å². The molecule has 14 heteroatoms. The van der Waals surface area contributed by atoms with E-state index < -0.39 is 40.0 Å². The standard InChI is InChI=1S/C22H22F3N5O5S/c1-3-28(2)36(32,33)27-22(31)15-9-26-30-5-4-16(19(25)20(15)30)29-10-13(24)7-17(29)14-6-12(23)8-18-21(14)35-11-34-18/h4-6,8-9,13,17H,3,7,10-11H2,1-2H3,(H,27,31)/t13-,17+/m0/s1. The predicted molar refractivity (Wildman–Crippen MR) is 122 cm³/mol. The summed E-state index contributed by atoms with van der Waals surface area (Å²) in [6.45, 7) is 1.37. The number of ether oxygens (including phenoxy) is 2. The van der Waals surface area contributed by atoms with Gasteiger partial charge >= 0.3 is 10.2 Å². The zero-order chi connectivity index (χ0) is 25.8. The highest BCUT2D eigenvalue weighted by molar-refractivity contribution is 7.87. The number of amides is 1. The van der Waals surface area contributed by atoms with Gasteiger partial charge in [0.2, 0.25) is 6.79 Å². The molecule has 5 rings (SSSR count). The Hall–Kier alpha value is -3.52. The van der Waals surface area contributed by atoms with Crippen molar-refractivity contribution < 1.29 is 35.9 Å². The Morgan fingerprint density at radius 1 is 1.31 bits per heavy atom. The third-order valence-electron chi connectivity index (χ3n) is 6.31. The fourth-order valence-corrected chi connectivity index (χ4v) is 5.27.